The summed E-state index contributed by atoms with van der Waals surface area (Å²) in [5, 5.41) is 2.83. The molecule has 2 aromatic rings. The number of anilines is 1. The monoisotopic (exact) mass is 378 g/mol. The quantitative estimate of drug-likeness (QED) is 0.809. The van der Waals surface area contributed by atoms with Crippen LogP contribution in [-0.2, 0) is 10.0 Å². The van der Waals surface area contributed by atoms with E-state index in [9.17, 15) is 13.2 Å². The van der Waals surface area contributed by atoms with Crippen LogP contribution in [0.25, 0.3) is 0 Å². The first-order chi connectivity index (χ1) is 11.7. The Balaban J connectivity index is 2.42. The highest BCUT2D eigenvalue weighted by Crippen LogP contribution is 2.24. The molecular weight excluding hydrogens is 356 g/mol. The van der Waals surface area contributed by atoms with Gasteiger partial charge in [-0.15, -0.1) is 11.8 Å². The van der Waals surface area contributed by atoms with Crippen LogP contribution in [0.2, 0.25) is 0 Å². The molecule has 0 bridgehead atoms. The second-order valence-corrected chi connectivity index (χ2v) is 8.89. The summed E-state index contributed by atoms with van der Waals surface area (Å²) in [7, 11) is -0.666. The molecule has 0 aliphatic rings. The summed E-state index contributed by atoms with van der Waals surface area (Å²) >= 11 is 1.58. The van der Waals surface area contributed by atoms with Crippen molar-refractivity contribution in [2.24, 2.45) is 0 Å². The normalized spacial score (nSPS) is 11.6. The molecule has 1 amide bonds. The van der Waals surface area contributed by atoms with Crippen LogP contribution in [0.4, 0.5) is 5.69 Å². The van der Waals surface area contributed by atoms with Crippen molar-refractivity contribution in [2.75, 3.05) is 25.7 Å². The Kier molecular flexibility index (Phi) is 5.92. The molecule has 7 heteroatoms. The van der Waals surface area contributed by atoms with Crippen molar-refractivity contribution in [2.45, 2.75) is 23.6 Å². The van der Waals surface area contributed by atoms with Crippen LogP contribution in [0.3, 0.4) is 0 Å². The molecule has 0 saturated carbocycles. The van der Waals surface area contributed by atoms with Crippen molar-refractivity contribution in [3.8, 4) is 0 Å². The molecule has 0 radical (unpaired) electrons. The van der Waals surface area contributed by atoms with E-state index in [1.807, 2.05) is 24.5 Å². The number of nitrogens with zero attached hydrogens (tertiary/aromatic N) is 1. The molecule has 0 spiro atoms. The van der Waals surface area contributed by atoms with Gasteiger partial charge in [-0.05, 0) is 61.6 Å². The Hall–Kier alpha value is -1.83. The predicted octanol–water partition coefficient (Wildman–Crippen LogP) is 3.53. The molecule has 2 aromatic carbocycles. The molecule has 134 valence electrons. The average molecular weight is 379 g/mol. The van der Waals surface area contributed by atoms with Crippen LogP contribution in [-0.4, -0.2) is 39.0 Å². The van der Waals surface area contributed by atoms with Crippen LogP contribution in [0.15, 0.2) is 46.2 Å². The van der Waals surface area contributed by atoms with E-state index in [1.165, 1.54) is 20.2 Å². The lowest BCUT2D eigenvalue weighted by Gasteiger charge is -2.16. The fourth-order valence-corrected chi connectivity index (χ4v) is 4.00. The van der Waals surface area contributed by atoms with E-state index in [2.05, 4.69) is 5.32 Å². The minimum atomic E-state index is -3.62. The minimum absolute atomic E-state index is 0.153. The van der Waals surface area contributed by atoms with E-state index in [1.54, 1.807) is 37.7 Å². The number of benzene rings is 2. The van der Waals surface area contributed by atoms with Crippen LogP contribution in [0.1, 0.15) is 21.5 Å². The summed E-state index contributed by atoms with van der Waals surface area (Å²) < 4.78 is 26.2. The maximum absolute atomic E-state index is 12.6. The second-order valence-electron chi connectivity index (χ2n) is 5.89. The van der Waals surface area contributed by atoms with Gasteiger partial charge in [-0.25, -0.2) is 12.7 Å². The first-order valence-corrected chi connectivity index (χ1v) is 10.3. The second kappa shape index (κ2) is 7.59. The molecule has 5 nitrogen and oxygen atoms in total. The Labute approximate surface area is 153 Å². The lowest BCUT2D eigenvalue weighted by atomic mass is 10.1. The van der Waals surface area contributed by atoms with Gasteiger partial charge >= 0.3 is 0 Å². The molecular formula is C18H22N2O3S2. The number of hydrogen-bond donors (Lipinski definition) is 1. The van der Waals surface area contributed by atoms with Crippen molar-refractivity contribution in [3.63, 3.8) is 0 Å². The largest absolute Gasteiger partial charge is 0.322 e. The summed E-state index contributed by atoms with van der Waals surface area (Å²) in [4.78, 5) is 13.8. The zero-order chi connectivity index (χ0) is 18.8. The summed E-state index contributed by atoms with van der Waals surface area (Å²) in [6.07, 6.45) is 1.96. The molecule has 0 heterocycles. The standard InChI is InChI=1S/C18H22N2O3S2/c1-12-9-14(10-17(13(12)2)25(22,23)20(3)4)18(21)19-15-7-6-8-16(11-15)24-5/h6-11H,1-5H3,(H,19,21). The molecule has 0 unspecified atom stereocenters. The number of aryl methyl sites for hydroxylation is 1. The SMILES string of the molecule is CSc1cccc(NC(=O)c2cc(C)c(C)c(S(=O)(=O)N(C)C)c2)c1. The number of rotatable bonds is 5. The van der Waals surface area contributed by atoms with Gasteiger partial charge in [0.15, 0.2) is 0 Å². The first kappa shape index (κ1) is 19.5. The van der Waals surface area contributed by atoms with Gasteiger partial charge in [0.05, 0.1) is 4.90 Å². The summed E-state index contributed by atoms with van der Waals surface area (Å²) in [6.45, 7) is 3.55. The summed E-state index contributed by atoms with van der Waals surface area (Å²) in [5.41, 5.74) is 2.39. The number of sulfonamides is 1. The van der Waals surface area contributed by atoms with E-state index in [4.69, 9.17) is 0 Å². The lowest BCUT2D eigenvalue weighted by molar-refractivity contribution is 0.102. The fraction of sp³-hybridized carbons (Fsp3) is 0.278. The van der Waals surface area contributed by atoms with E-state index in [0.29, 0.717) is 16.8 Å². The third-order valence-electron chi connectivity index (χ3n) is 3.97. The van der Waals surface area contributed by atoms with Crippen molar-refractivity contribution in [1.29, 1.82) is 0 Å². The number of nitrogens with one attached hydrogen (secondary N) is 1. The fourth-order valence-electron chi connectivity index (χ4n) is 2.33. The predicted molar refractivity (Wildman–Crippen MR) is 103 cm³/mol. The van der Waals surface area contributed by atoms with Crippen molar-refractivity contribution < 1.29 is 13.2 Å². The van der Waals surface area contributed by atoms with Gasteiger partial charge in [0.25, 0.3) is 5.91 Å². The molecule has 0 aromatic heterocycles. The third kappa shape index (κ3) is 4.23. The highest BCUT2D eigenvalue weighted by Gasteiger charge is 2.23. The number of carbonyl (C=O) groups excluding carboxylic acids is 1. The molecule has 0 fully saturated rings. The zero-order valence-electron chi connectivity index (χ0n) is 15.0. The number of thioether (sulfide) groups is 1. The molecule has 1 N–H and O–H groups in total. The molecule has 2 rings (SSSR count). The molecule has 25 heavy (non-hydrogen) atoms. The number of hydrogen-bond acceptors (Lipinski definition) is 4. The van der Waals surface area contributed by atoms with Crippen molar-refractivity contribution in [1.82, 2.24) is 4.31 Å². The summed E-state index contributed by atoms with van der Waals surface area (Å²) in [6, 6.07) is 10.6. The van der Waals surface area contributed by atoms with Crippen LogP contribution >= 0.6 is 11.8 Å². The molecule has 0 saturated heterocycles. The molecule has 0 atom stereocenters. The maximum atomic E-state index is 12.6. The van der Waals surface area contributed by atoms with E-state index < -0.39 is 10.0 Å². The van der Waals surface area contributed by atoms with E-state index in [0.717, 1.165) is 14.8 Å². The Bertz CT molecular complexity index is 907. The van der Waals surface area contributed by atoms with E-state index >= 15 is 0 Å². The number of carbonyl (C=O) groups is 1. The molecule has 0 aliphatic heterocycles. The summed E-state index contributed by atoms with van der Waals surface area (Å²) in [5.74, 6) is -0.337. The lowest BCUT2D eigenvalue weighted by Crippen LogP contribution is -2.24. The van der Waals surface area contributed by atoms with E-state index in [-0.39, 0.29) is 10.8 Å². The van der Waals surface area contributed by atoms with Gasteiger partial charge in [-0.1, -0.05) is 6.07 Å². The third-order valence-corrected chi connectivity index (χ3v) is 6.63. The van der Waals surface area contributed by atoms with Gasteiger partial charge in [0, 0.05) is 30.2 Å². The van der Waals surface area contributed by atoms with Crippen LogP contribution < -0.4 is 5.32 Å². The average Bonchev–Trinajstić information content (AvgIpc) is 2.56. The Morgan fingerprint density at radius 3 is 2.40 bits per heavy atom. The number of amides is 1. The Morgan fingerprint density at radius 1 is 1.12 bits per heavy atom. The smallest absolute Gasteiger partial charge is 0.255 e. The van der Waals surface area contributed by atoms with Gasteiger partial charge in [-0.2, -0.15) is 0 Å². The van der Waals surface area contributed by atoms with Crippen molar-refractivity contribution in [3.05, 3.63) is 53.1 Å². The van der Waals surface area contributed by atoms with Gasteiger partial charge in [-0.3, -0.25) is 4.79 Å². The van der Waals surface area contributed by atoms with Gasteiger partial charge in [0.1, 0.15) is 0 Å². The Morgan fingerprint density at radius 2 is 1.80 bits per heavy atom. The maximum Gasteiger partial charge on any atom is 0.255 e. The molecule has 0 aliphatic carbocycles. The topological polar surface area (TPSA) is 66.5 Å². The van der Waals surface area contributed by atoms with Gasteiger partial charge < -0.3 is 5.32 Å². The first-order valence-electron chi connectivity index (χ1n) is 7.66. The zero-order valence-corrected chi connectivity index (χ0v) is 16.6. The van der Waals surface area contributed by atoms with Gasteiger partial charge in [0.2, 0.25) is 10.0 Å². The van der Waals surface area contributed by atoms with Crippen molar-refractivity contribution >= 4 is 33.4 Å². The minimum Gasteiger partial charge on any atom is -0.322 e. The highest BCUT2D eigenvalue weighted by atomic mass is 32.2. The van der Waals surface area contributed by atoms with Crippen LogP contribution in [0, 0.1) is 13.8 Å². The van der Waals surface area contributed by atoms with Crippen LogP contribution in [0.5, 0.6) is 0 Å². The highest BCUT2D eigenvalue weighted by molar-refractivity contribution is 7.98.